The molecule has 0 heterocycles. The Labute approximate surface area is 131 Å². The van der Waals surface area contributed by atoms with Crippen LogP contribution in [-0.2, 0) is 14.4 Å². The Morgan fingerprint density at radius 3 is 2.73 bits per heavy atom. The lowest BCUT2D eigenvalue weighted by atomic mass is 9.49. The van der Waals surface area contributed by atoms with Crippen LogP contribution in [0.4, 0.5) is 0 Å². The number of aldehydes is 1. The number of allylic oxidation sites excluding steroid dienone is 1. The highest BCUT2D eigenvalue weighted by molar-refractivity contribution is 5.91. The van der Waals surface area contributed by atoms with Crippen molar-refractivity contribution in [2.24, 2.45) is 35.0 Å². The van der Waals surface area contributed by atoms with Gasteiger partial charge in [-0.15, -0.1) is 0 Å². The standard InChI is InChI=1S/C19H24O3/c1-19-9-12(10-20)18-14-5-3-13(21)8-11(14)2-4-15(18)16(19)6-7-17(19)22/h8,10,12,14-16,18H,2-7,9H2,1H3/t12-,14+,15+,16+,18-,19+/m1/s1. The van der Waals surface area contributed by atoms with Gasteiger partial charge in [0.25, 0.3) is 0 Å². The molecule has 6 atom stereocenters. The summed E-state index contributed by atoms with van der Waals surface area (Å²) in [6.45, 7) is 2.11. The fourth-order valence-corrected chi connectivity index (χ4v) is 6.29. The van der Waals surface area contributed by atoms with Gasteiger partial charge in [0.2, 0.25) is 0 Å². The van der Waals surface area contributed by atoms with Gasteiger partial charge in [-0.25, -0.2) is 0 Å². The second-order valence-electron chi connectivity index (χ2n) is 8.10. The van der Waals surface area contributed by atoms with E-state index in [0.29, 0.717) is 42.3 Å². The van der Waals surface area contributed by atoms with Crippen LogP contribution < -0.4 is 0 Å². The van der Waals surface area contributed by atoms with Crippen molar-refractivity contribution < 1.29 is 14.4 Å². The van der Waals surface area contributed by atoms with E-state index in [4.69, 9.17) is 0 Å². The Balaban J connectivity index is 1.73. The van der Waals surface area contributed by atoms with E-state index in [1.807, 2.05) is 6.08 Å². The van der Waals surface area contributed by atoms with E-state index < -0.39 is 0 Å². The monoisotopic (exact) mass is 300 g/mol. The van der Waals surface area contributed by atoms with E-state index >= 15 is 0 Å². The number of carbonyl (C=O) groups excluding carboxylic acids is 3. The maximum Gasteiger partial charge on any atom is 0.155 e. The van der Waals surface area contributed by atoms with Gasteiger partial charge >= 0.3 is 0 Å². The Bertz CT molecular complexity index is 575. The van der Waals surface area contributed by atoms with Gasteiger partial charge in [0.15, 0.2) is 5.78 Å². The minimum Gasteiger partial charge on any atom is -0.303 e. The van der Waals surface area contributed by atoms with E-state index in [1.54, 1.807) is 0 Å². The minimum atomic E-state index is -0.265. The minimum absolute atomic E-state index is 0.00444. The summed E-state index contributed by atoms with van der Waals surface area (Å²) in [5.41, 5.74) is 1.02. The van der Waals surface area contributed by atoms with E-state index in [9.17, 15) is 14.4 Å². The quantitative estimate of drug-likeness (QED) is 0.699. The van der Waals surface area contributed by atoms with Gasteiger partial charge < -0.3 is 4.79 Å². The van der Waals surface area contributed by atoms with Crippen LogP contribution in [0.5, 0.6) is 0 Å². The van der Waals surface area contributed by atoms with Gasteiger partial charge in [-0.1, -0.05) is 12.5 Å². The largest absolute Gasteiger partial charge is 0.303 e. The first-order valence-electron chi connectivity index (χ1n) is 8.76. The second kappa shape index (κ2) is 4.87. The van der Waals surface area contributed by atoms with Crippen LogP contribution in [0.3, 0.4) is 0 Å². The average Bonchev–Trinajstić information content (AvgIpc) is 2.81. The molecule has 0 radical (unpaired) electrons. The van der Waals surface area contributed by atoms with Crippen molar-refractivity contribution in [3.8, 4) is 0 Å². The highest BCUT2D eigenvalue weighted by Gasteiger charge is 2.59. The first-order valence-corrected chi connectivity index (χ1v) is 8.76. The number of hydrogen-bond acceptors (Lipinski definition) is 3. The lowest BCUT2D eigenvalue weighted by molar-refractivity contribution is -0.137. The van der Waals surface area contributed by atoms with Crippen molar-refractivity contribution in [2.75, 3.05) is 0 Å². The molecule has 4 rings (SSSR count). The molecule has 0 aliphatic heterocycles. The molecule has 118 valence electrons. The number of ketones is 2. The lowest BCUT2D eigenvalue weighted by Gasteiger charge is -2.54. The van der Waals surface area contributed by atoms with Crippen molar-refractivity contribution >= 4 is 17.9 Å². The highest BCUT2D eigenvalue weighted by atomic mass is 16.1. The Morgan fingerprint density at radius 2 is 1.95 bits per heavy atom. The zero-order chi connectivity index (χ0) is 15.5. The van der Waals surface area contributed by atoms with Gasteiger partial charge in [-0.3, -0.25) is 9.59 Å². The number of fused-ring (bicyclic) bond motifs is 5. The molecule has 3 saturated carbocycles. The van der Waals surface area contributed by atoms with Crippen molar-refractivity contribution in [3.63, 3.8) is 0 Å². The Hall–Kier alpha value is -1.25. The van der Waals surface area contributed by atoms with Gasteiger partial charge in [0.1, 0.15) is 12.1 Å². The summed E-state index contributed by atoms with van der Waals surface area (Å²) in [4.78, 5) is 35.9. The summed E-state index contributed by atoms with van der Waals surface area (Å²) in [7, 11) is 0. The molecular formula is C19H24O3. The number of carbonyl (C=O) groups is 3. The topological polar surface area (TPSA) is 51.2 Å². The molecule has 0 saturated heterocycles. The molecule has 4 aliphatic carbocycles. The molecule has 4 aliphatic rings. The Morgan fingerprint density at radius 1 is 1.14 bits per heavy atom. The molecule has 0 unspecified atom stereocenters. The summed E-state index contributed by atoms with van der Waals surface area (Å²) >= 11 is 0. The first-order chi connectivity index (χ1) is 10.5. The fourth-order valence-electron chi connectivity index (χ4n) is 6.29. The van der Waals surface area contributed by atoms with Crippen LogP contribution >= 0.6 is 0 Å². The SMILES string of the molecule is C[C@]12C[C@H](C=O)[C@H]3[C@@H](CCC4=CC(=O)CC[C@@H]43)[C@@H]1CCC2=O. The van der Waals surface area contributed by atoms with E-state index in [-0.39, 0.29) is 17.1 Å². The summed E-state index contributed by atoms with van der Waals surface area (Å²) < 4.78 is 0. The third kappa shape index (κ3) is 1.83. The van der Waals surface area contributed by atoms with Gasteiger partial charge in [-0.05, 0) is 61.9 Å². The molecule has 0 bridgehead atoms. The van der Waals surface area contributed by atoms with E-state index in [2.05, 4.69) is 6.92 Å². The van der Waals surface area contributed by atoms with Crippen molar-refractivity contribution in [1.29, 1.82) is 0 Å². The average molecular weight is 300 g/mol. The van der Waals surface area contributed by atoms with Crippen LogP contribution in [0.25, 0.3) is 0 Å². The van der Waals surface area contributed by atoms with Crippen LogP contribution in [-0.4, -0.2) is 17.9 Å². The maximum absolute atomic E-state index is 12.4. The van der Waals surface area contributed by atoms with Gasteiger partial charge in [0, 0.05) is 24.2 Å². The molecule has 3 heteroatoms. The van der Waals surface area contributed by atoms with Crippen LogP contribution in [0.1, 0.15) is 51.9 Å². The van der Waals surface area contributed by atoms with Crippen molar-refractivity contribution in [3.05, 3.63) is 11.6 Å². The molecule has 3 nitrogen and oxygen atoms in total. The molecule has 0 aromatic rings. The van der Waals surface area contributed by atoms with Crippen molar-refractivity contribution in [1.82, 2.24) is 0 Å². The molecule has 0 spiro atoms. The number of Topliss-reactive ketones (excluding diaryl/α,β-unsaturated/α-hetero) is 1. The summed E-state index contributed by atoms with van der Waals surface area (Å²) in [5, 5.41) is 0. The predicted octanol–water partition coefficient (Wildman–Crippen LogP) is 3.12. The van der Waals surface area contributed by atoms with Crippen molar-refractivity contribution in [2.45, 2.75) is 51.9 Å². The zero-order valence-corrected chi connectivity index (χ0v) is 13.2. The van der Waals surface area contributed by atoms with E-state index in [0.717, 1.165) is 38.4 Å². The highest BCUT2D eigenvalue weighted by Crippen LogP contribution is 2.61. The predicted molar refractivity (Wildman–Crippen MR) is 82.0 cm³/mol. The molecular weight excluding hydrogens is 276 g/mol. The molecule has 0 aromatic carbocycles. The molecule has 0 N–H and O–H groups in total. The smallest absolute Gasteiger partial charge is 0.155 e. The second-order valence-corrected chi connectivity index (χ2v) is 8.10. The number of rotatable bonds is 1. The molecule has 0 aromatic heterocycles. The Kier molecular flexibility index (Phi) is 3.18. The fraction of sp³-hybridized carbons (Fsp3) is 0.737. The first kappa shape index (κ1) is 14.3. The van der Waals surface area contributed by atoms with E-state index in [1.165, 1.54) is 5.57 Å². The maximum atomic E-state index is 12.4. The van der Waals surface area contributed by atoms with Gasteiger partial charge in [-0.2, -0.15) is 0 Å². The third-order valence-electron chi connectivity index (χ3n) is 7.23. The van der Waals surface area contributed by atoms with Crippen LogP contribution in [0.15, 0.2) is 11.6 Å². The zero-order valence-electron chi connectivity index (χ0n) is 13.2. The normalized spacial score (nSPS) is 47.3. The molecule has 0 amide bonds. The summed E-state index contributed by atoms with van der Waals surface area (Å²) in [6.07, 6.45) is 9.00. The third-order valence-corrected chi connectivity index (χ3v) is 7.23. The molecule has 22 heavy (non-hydrogen) atoms. The number of hydrogen-bond donors (Lipinski definition) is 0. The van der Waals surface area contributed by atoms with Crippen LogP contribution in [0, 0.1) is 35.0 Å². The molecule has 3 fully saturated rings. The van der Waals surface area contributed by atoms with Gasteiger partial charge in [0.05, 0.1) is 0 Å². The summed E-state index contributed by atoms with van der Waals surface area (Å²) in [5.74, 6) is 2.36. The van der Waals surface area contributed by atoms with Crippen LogP contribution in [0.2, 0.25) is 0 Å². The lowest BCUT2D eigenvalue weighted by Crippen LogP contribution is -2.51. The summed E-state index contributed by atoms with van der Waals surface area (Å²) in [6, 6.07) is 0.